The number of hydrogen-bond donors (Lipinski definition) is 2. The van der Waals surface area contributed by atoms with Crippen LogP contribution in [0.15, 0.2) is 29.4 Å². The molecule has 144 valence electrons. The molecule has 4 aliphatic carbocycles. The second kappa shape index (κ2) is 7.27. The zero-order valence-electron chi connectivity index (χ0n) is 15.6. The van der Waals surface area contributed by atoms with Gasteiger partial charge in [-0.05, 0) is 75.3 Å². The summed E-state index contributed by atoms with van der Waals surface area (Å²) < 4.78 is 0. The number of rotatable bonds is 5. The number of hydrazone groups is 1. The van der Waals surface area contributed by atoms with Crippen LogP contribution < -0.4 is 10.7 Å². The molecule has 0 unspecified atom stereocenters. The molecule has 0 atom stereocenters. The first-order valence-corrected chi connectivity index (χ1v) is 10.2. The van der Waals surface area contributed by atoms with Crippen molar-refractivity contribution in [2.45, 2.75) is 57.4 Å². The summed E-state index contributed by atoms with van der Waals surface area (Å²) >= 11 is 6.02. The van der Waals surface area contributed by atoms with E-state index in [-0.39, 0.29) is 23.8 Å². The highest BCUT2D eigenvalue weighted by Gasteiger charge is 2.51. The lowest BCUT2D eigenvalue weighted by atomic mass is 9.53. The molecule has 6 heteroatoms. The molecule has 0 aliphatic heterocycles. The zero-order chi connectivity index (χ0) is 19.0. The van der Waals surface area contributed by atoms with Crippen LogP contribution in [-0.2, 0) is 4.79 Å². The summed E-state index contributed by atoms with van der Waals surface area (Å²) in [6.45, 7) is 1.76. The molecule has 2 N–H and O–H groups in total. The Morgan fingerprint density at radius 2 is 1.70 bits per heavy atom. The van der Waals surface area contributed by atoms with Crippen LogP contribution in [0.3, 0.4) is 0 Å². The molecule has 4 fully saturated rings. The highest BCUT2D eigenvalue weighted by Crippen LogP contribution is 2.55. The van der Waals surface area contributed by atoms with E-state index < -0.39 is 0 Å². The van der Waals surface area contributed by atoms with Gasteiger partial charge in [0, 0.05) is 11.3 Å². The molecular formula is C21H26ClN3O2. The molecule has 1 aromatic rings. The minimum Gasteiger partial charge on any atom is -0.350 e. The summed E-state index contributed by atoms with van der Waals surface area (Å²) in [6.07, 6.45) is 7.64. The van der Waals surface area contributed by atoms with Crippen LogP contribution in [0.4, 0.5) is 0 Å². The van der Waals surface area contributed by atoms with E-state index in [2.05, 4.69) is 15.8 Å². The smallest absolute Gasteiger partial charge is 0.272 e. The summed E-state index contributed by atoms with van der Waals surface area (Å²) in [5, 5.41) is 7.78. The highest BCUT2D eigenvalue weighted by molar-refractivity contribution is 6.33. The van der Waals surface area contributed by atoms with E-state index in [9.17, 15) is 9.59 Å². The number of halogens is 1. The van der Waals surface area contributed by atoms with E-state index in [1.165, 1.54) is 19.3 Å². The lowest BCUT2D eigenvalue weighted by molar-refractivity contribution is -0.125. The SMILES string of the molecule is CC(CC(=O)NC12CC3CC(CC(C3)C1)C2)=NNC(=O)c1ccccc1Cl. The number of carbonyl (C=O) groups is 2. The second-order valence-electron chi connectivity index (χ2n) is 8.69. The molecule has 0 radical (unpaired) electrons. The number of benzene rings is 1. The van der Waals surface area contributed by atoms with Crippen LogP contribution in [0.5, 0.6) is 0 Å². The van der Waals surface area contributed by atoms with E-state index in [1.54, 1.807) is 31.2 Å². The van der Waals surface area contributed by atoms with Crippen molar-refractivity contribution in [1.82, 2.24) is 10.7 Å². The summed E-state index contributed by atoms with van der Waals surface area (Å²) in [5.41, 5.74) is 3.45. The van der Waals surface area contributed by atoms with Crippen molar-refractivity contribution in [1.29, 1.82) is 0 Å². The molecule has 0 saturated heterocycles. The van der Waals surface area contributed by atoms with E-state index in [1.807, 2.05) is 0 Å². The second-order valence-corrected chi connectivity index (χ2v) is 9.10. The summed E-state index contributed by atoms with van der Waals surface area (Å²) in [6, 6.07) is 6.81. The zero-order valence-corrected chi connectivity index (χ0v) is 16.4. The van der Waals surface area contributed by atoms with Crippen molar-refractivity contribution in [3.8, 4) is 0 Å². The lowest BCUT2D eigenvalue weighted by Gasteiger charge is -2.56. The number of nitrogens with zero attached hydrogens (tertiary/aromatic N) is 1. The van der Waals surface area contributed by atoms with Gasteiger partial charge in [0.15, 0.2) is 0 Å². The molecule has 5 nitrogen and oxygen atoms in total. The Labute approximate surface area is 164 Å². The van der Waals surface area contributed by atoms with Crippen LogP contribution in [0.2, 0.25) is 5.02 Å². The number of hydrogen-bond acceptors (Lipinski definition) is 3. The third-order valence-corrected chi connectivity index (χ3v) is 6.66. The van der Waals surface area contributed by atoms with Crippen LogP contribution in [0.25, 0.3) is 0 Å². The molecule has 0 spiro atoms. The molecular weight excluding hydrogens is 362 g/mol. The average Bonchev–Trinajstić information content (AvgIpc) is 2.58. The van der Waals surface area contributed by atoms with Gasteiger partial charge in [0.05, 0.1) is 17.0 Å². The molecule has 27 heavy (non-hydrogen) atoms. The first-order valence-electron chi connectivity index (χ1n) is 9.81. The number of carbonyl (C=O) groups excluding carboxylic acids is 2. The monoisotopic (exact) mass is 387 g/mol. The first kappa shape index (κ1) is 18.5. The van der Waals surface area contributed by atoms with Gasteiger partial charge in [0.25, 0.3) is 5.91 Å². The van der Waals surface area contributed by atoms with Gasteiger partial charge in [-0.1, -0.05) is 23.7 Å². The van der Waals surface area contributed by atoms with E-state index in [4.69, 9.17) is 11.6 Å². The van der Waals surface area contributed by atoms with Gasteiger partial charge in [0.1, 0.15) is 0 Å². The van der Waals surface area contributed by atoms with Crippen molar-refractivity contribution in [2.24, 2.45) is 22.9 Å². The number of nitrogens with one attached hydrogen (secondary N) is 2. The van der Waals surface area contributed by atoms with Gasteiger partial charge >= 0.3 is 0 Å². The predicted molar refractivity (Wildman–Crippen MR) is 106 cm³/mol. The average molecular weight is 388 g/mol. The Bertz CT molecular complexity index is 754. The fraction of sp³-hybridized carbons (Fsp3) is 0.571. The van der Waals surface area contributed by atoms with Crippen LogP contribution in [-0.4, -0.2) is 23.1 Å². The maximum Gasteiger partial charge on any atom is 0.272 e. The first-order chi connectivity index (χ1) is 12.9. The Hall–Kier alpha value is -1.88. The maximum absolute atomic E-state index is 12.6. The van der Waals surface area contributed by atoms with Crippen LogP contribution >= 0.6 is 11.6 Å². The van der Waals surface area contributed by atoms with Gasteiger partial charge in [-0.3, -0.25) is 9.59 Å². The minimum atomic E-state index is -0.374. The molecule has 4 aliphatic rings. The molecule has 0 aromatic heterocycles. The Balaban J connectivity index is 1.32. The standard InChI is InChI=1S/C21H26ClN3O2/c1-13(24-25-20(27)17-4-2-3-5-18(17)22)6-19(26)23-21-10-14-7-15(11-21)9-16(8-14)12-21/h2-5,14-16H,6-12H2,1H3,(H,23,26)(H,25,27). The largest absolute Gasteiger partial charge is 0.350 e. The third-order valence-electron chi connectivity index (χ3n) is 6.33. The Morgan fingerprint density at radius 3 is 2.30 bits per heavy atom. The molecule has 2 amide bonds. The van der Waals surface area contributed by atoms with Gasteiger partial charge in [-0.2, -0.15) is 5.10 Å². The maximum atomic E-state index is 12.6. The topological polar surface area (TPSA) is 70.6 Å². The normalized spacial score (nSPS) is 31.6. The lowest BCUT2D eigenvalue weighted by Crippen LogP contribution is -2.60. The third kappa shape index (κ3) is 4.03. The predicted octanol–water partition coefficient (Wildman–Crippen LogP) is 3.92. The quantitative estimate of drug-likeness (QED) is 0.593. The number of amides is 2. The van der Waals surface area contributed by atoms with Crippen molar-refractivity contribution in [2.75, 3.05) is 0 Å². The molecule has 4 bridgehead atoms. The van der Waals surface area contributed by atoms with Crippen molar-refractivity contribution in [3.63, 3.8) is 0 Å². The molecule has 1 aromatic carbocycles. The fourth-order valence-corrected chi connectivity index (χ4v) is 5.95. The van der Waals surface area contributed by atoms with E-state index in [0.29, 0.717) is 16.3 Å². The Morgan fingerprint density at radius 1 is 1.11 bits per heavy atom. The van der Waals surface area contributed by atoms with Crippen molar-refractivity contribution >= 4 is 29.1 Å². The highest BCUT2D eigenvalue weighted by atomic mass is 35.5. The minimum absolute atomic E-state index is 0.00481. The van der Waals surface area contributed by atoms with E-state index in [0.717, 1.165) is 37.0 Å². The summed E-state index contributed by atoms with van der Waals surface area (Å²) in [7, 11) is 0. The van der Waals surface area contributed by atoms with Crippen molar-refractivity contribution < 1.29 is 9.59 Å². The van der Waals surface area contributed by atoms with Gasteiger partial charge in [-0.25, -0.2) is 5.43 Å². The van der Waals surface area contributed by atoms with Crippen LogP contribution in [0, 0.1) is 17.8 Å². The summed E-state index contributed by atoms with van der Waals surface area (Å²) in [5.74, 6) is 2.01. The fourth-order valence-electron chi connectivity index (χ4n) is 5.73. The van der Waals surface area contributed by atoms with Crippen molar-refractivity contribution in [3.05, 3.63) is 34.9 Å². The van der Waals surface area contributed by atoms with Gasteiger partial charge < -0.3 is 5.32 Å². The molecule has 5 rings (SSSR count). The van der Waals surface area contributed by atoms with Gasteiger partial charge in [0.2, 0.25) is 5.91 Å². The molecule has 4 saturated carbocycles. The molecule has 0 heterocycles. The Kier molecular flexibility index (Phi) is 4.97. The van der Waals surface area contributed by atoms with Crippen LogP contribution in [0.1, 0.15) is 62.2 Å². The van der Waals surface area contributed by atoms with E-state index >= 15 is 0 Å². The summed E-state index contributed by atoms with van der Waals surface area (Å²) in [4.78, 5) is 24.7. The van der Waals surface area contributed by atoms with Gasteiger partial charge in [-0.15, -0.1) is 0 Å².